The van der Waals surface area contributed by atoms with E-state index < -0.39 is 6.10 Å². The smallest absolute Gasteiger partial charge is 0.186 e. The monoisotopic (exact) mass is 298 g/mol. The minimum absolute atomic E-state index is 0.0138. The number of aliphatic hydroxyl groups is 2. The Hall–Kier alpha value is -0.880. The van der Waals surface area contributed by atoms with Crippen LogP contribution < -0.4 is 4.90 Å². The third kappa shape index (κ3) is 2.56. The van der Waals surface area contributed by atoms with E-state index in [9.17, 15) is 5.11 Å². The lowest BCUT2D eigenvalue weighted by Gasteiger charge is -2.34. The minimum atomic E-state index is -0.491. The van der Waals surface area contributed by atoms with Crippen LogP contribution in [0.25, 0.3) is 10.2 Å². The minimum Gasteiger partial charge on any atom is -0.396 e. The van der Waals surface area contributed by atoms with Gasteiger partial charge in [0.1, 0.15) is 0 Å². The number of rotatable bonds is 2. The molecule has 1 aliphatic rings. The standard InChI is InChI=1S/C13H15ClN2O2S/c14-9-1-2-10-12(5-9)19-13(15-10)16-4-3-8(7-17)11(18)6-16/h1-2,5,8,11,17-18H,3-4,6-7H2/t8-,11-/m1/s1. The SMILES string of the molecule is OC[C@H]1CCN(c2nc3ccc(Cl)cc3s2)C[C@H]1O. The van der Waals surface area contributed by atoms with Crippen molar-refractivity contribution in [1.29, 1.82) is 0 Å². The van der Waals surface area contributed by atoms with E-state index >= 15 is 0 Å². The highest BCUT2D eigenvalue weighted by Gasteiger charge is 2.28. The number of aromatic nitrogens is 1. The molecule has 0 amide bonds. The summed E-state index contributed by atoms with van der Waals surface area (Å²) in [5.74, 6) is -0.0138. The van der Waals surface area contributed by atoms with Gasteiger partial charge in [0.2, 0.25) is 0 Å². The van der Waals surface area contributed by atoms with Crippen LogP contribution in [0.2, 0.25) is 5.02 Å². The van der Waals surface area contributed by atoms with Crippen molar-refractivity contribution in [2.24, 2.45) is 5.92 Å². The molecule has 2 atom stereocenters. The highest BCUT2D eigenvalue weighted by molar-refractivity contribution is 7.22. The Labute approximate surface area is 120 Å². The molecule has 0 radical (unpaired) electrons. The summed E-state index contributed by atoms with van der Waals surface area (Å²) < 4.78 is 1.06. The molecule has 0 aliphatic carbocycles. The van der Waals surface area contributed by atoms with Gasteiger partial charge in [-0.25, -0.2) is 4.98 Å². The highest BCUT2D eigenvalue weighted by atomic mass is 35.5. The van der Waals surface area contributed by atoms with E-state index in [0.29, 0.717) is 11.6 Å². The van der Waals surface area contributed by atoms with Crippen LogP contribution in [0.5, 0.6) is 0 Å². The fraction of sp³-hybridized carbons (Fsp3) is 0.462. The number of piperidine rings is 1. The lowest BCUT2D eigenvalue weighted by atomic mass is 9.95. The number of fused-ring (bicyclic) bond motifs is 1. The van der Waals surface area contributed by atoms with E-state index in [1.165, 1.54) is 0 Å². The van der Waals surface area contributed by atoms with Crippen LogP contribution in [-0.4, -0.2) is 41.0 Å². The van der Waals surface area contributed by atoms with Crippen molar-refractivity contribution in [2.45, 2.75) is 12.5 Å². The lowest BCUT2D eigenvalue weighted by Crippen LogP contribution is -2.45. The zero-order valence-corrected chi connectivity index (χ0v) is 11.9. The predicted octanol–water partition coefficient (Wildman–Crippen LogP) is 2.13. The Bertz CT molecular complexity index is 589. The molecule has 0 saturated carbocycles. The van der Waals surface area contributed by atoms with Gasteiger partial charge in [-0.05, 0) is 24.6 Å². The Kier molecular flexibility index (Phi) is 3.62. The van der Waals surface area contributed by atoms with Crippen LogP contribution >= 0.6 is 22.9 Å². The Morgan fingerprint density at radius 1 is 1.47 bits per heavy atom. The number of benzene rings is 1. The maximum atomic E-state index is 9.97. The summed E-state index contributed by atoms with van der Waals surface area (Å²) in [5, 5.41) is 20.8. The fourth-order valence-corrected chi connectivity index (χ4v) is 3.67. The third-order valence-electron chi connectivity index (χ3n) is 3.57. The number of aliphatic hydroxyl groups excluding tert-OH is 2. The average Bonchev–Trinajstić information content (AvgIpc) is 2.81. The second-order valence-electron chi connectivity index (χ2n) is 4.85. The summed E-state index contributed by atoms with van der Waals surface area (Å²) in [7, 11) is 0. The number of hydrogen-bond acceptors (Lipinski definition) is 5. The maximum Gasteiger partial charge on any atom is 0.186 e. The number of halogens is 1. The fourth-order valence-electron chi connectivity index (χ4n) is 2.39. The molecule has 102 valence electrons. The number of β-amino-alcohol motifs (C(OH)–C–C–N with tert-alkyl or cyclic N) is 1. The number of anilines is 1. The van der Waals surface area contributed by atoms with Crippen molar-refractivity contribution >= 4 is 38.3 Å². The Morgan fingerprint density at radius 3 is 3.05 bits per heavy atom. The van der Waals surface area contributed by atoms with Crippen LogP contribution in [0.15, 0.2) is 18.2 Å². The summed E-state index contributed by atoms with van der Waals surface area (Å²) in [6.07, 6.45) is 0.295. The molecule has 19 heavy (non-hydrogen) atoms. The summed E-state index contributed by atoms with van der Waals surface area (Å²) in [4.78, 5) is 6.65. The zero-order valence-electron chi connectivity index (χ0n) is 10.3. The van der Waals surface area contributed by atoms with Gasteiger partial charge in [0.05, 0.1) is 16.3 Å². The van der Waals surface area contributed by atoms with E-state index in [4.69, 9.17) is 16.7 Å². The van der Waals surface area contributed by atoms with Crippen molar-refractivity contribution < 1.29 is 10.2 Å². The molecular weight excluding hydrogens is 284 g/mol. The van der Waals surface area contributed by atoms with Crippen molar-refractivity contribution in [1.82, 2.24) is 4.98 Å². The topological polar surface area (TPSA) is 56.6 Å². The highest BCUT2D eigenvalue weighted by Crippen LogP contribution is 2.32. The van der Waals surface area contributed by atoms with Crippen molar-refractivity contribution in [2.75, 3.05) is 24.6 Å². The van der Waals surface area contributed by atoms with Crippen LogP contribution in [0.1, 0.15) is 6.42 Å². The molecule has 2 heterocycles. The van der Waals surface area contributed by atoms with Gasteiger partial charge in [0.15, 0.2) is 5.13 Å². The van der Waals surface area contributed by atoms with E-state index in [2.05, 4.69) is 9.88 Å². The molecule has 0 spiro atoms. The van der Waals surface area contributed by atoms with Crippen LogP contribution in [0.4, 0.5) is 5.13 Å². The first-order valence-corrected chi connectivity index (χ1v) is 7.47. The second kappa shape index (κ2) is 5.25. The molecule has 1 aromatic heterocycles. The van der Waals surface area contributed by atoms with E-state index in [-0.39, 0.29) is 12.5 Å². The van der Waals surface area contributed by atoms with Gasteiger partial charge in [-0.2, -0.15) is 0 Å². The molecule has 1 aromatic carbocycles. The molecule has 1 saturated heterocycles. The zero-order chi connectivity index (χ0) is 13.4. The third-order valence-corrected chi connectivity index (χ3v) is 4.88. The van der Waals surface area contributed by atoms with Gasteiger partial charge in [-0.1, -0.05) is 22.9 Å². The largest absolute Gasteiger partial charge is 0.396 e. The average molecular weight is 299 g/mol. The van der Waals surface area contributed by atoms with Crippen molar-refractivity contribution in [3.63, 3.8) is 0 Å². The van der Waals surface area contributed by atoms with Crippen LogP contribution in [0, 0.1) is 5.92 Å². The van der Waals surface area contributed by atoms with Crippen LogP contribution in [0.3, 0.4) is 0 Å². The molecule has 1 fully saturated rings. The van der Waals surface area contributed by atoms with Gasteiger partial charge in [0, 0.05) is 30.6 Å². The Morgan fingerprint density at radius 2 is 2.32 bits per heavy atom. The molecular formula is C13H15ClN2O2S. The van der Waals surface area contributed by atoms with Gasteiger partial charge in [-0.15, -0.1) is 0 Å². The van der Waals surface area contributed by atoms with Crippen molar-refractivity contribution in [3.8, 4) is 0 Å². The number of hydrogen-bond donors (Lipinski definition) is 2. The molecule has 6 heteroatoms. The summed E-state index contributed by atoms with van der Waals surface area (Å²) >= 11 is 7.56. The summed E-state index contributed by atoms with van der Waals surface area (Å²) in [6.45, 7) is 1.39. The molecule has 3 rings (SSSR count). The normalized spacial score (nSPS) is 24.1. The van der Waals surface area contributed by atoms with Crippen molar-refractivity contribution in [3.05, 3.63) is 23.2 Å². The molecule has 1 aliphatic heterocycles. The van der Waals surface area contributed by atoms with Crippen LogP contribution in [-0.2, 0) is 0 Å². The first kappa shape index (κ1) is 13.1. The quantitative estimate of drug-likeness (QED) is 0.892. The number of thiazole rings is 1. The summed E-state index contributed by atoms with van der Waals surface area (Å²) in [5.41, 5.74) is 0.933. The van der Waals surface area contributed by atoms with Gasteiger partial charge in [-0.3, -0.25) is 0 Å². The maximum absolute atomic E-state index is 9.97. The van der Waals surface area contributed by atoms with Gasteiger partial charge in [0.25, 0.3) is 0 Å². The Balaban J connectivity index is 1.84. The molecule has 0 unspecified atom stereocenters. The first-order chi connectivity index (χ1) is 9.17. The molecule has 2 aromatic rings. The van der Waals surface area contributed by atoms with E-state index in [1.54, 1.807) is 11.3 Å². The molecule has 0 bridgehead atoms. The predicted molar refractivity (Wildman–Crippen MR) is 78.0 cm³/mol. The second-order valence-corrected chi connectivity index (χ2v) is 6.30. The van der Waals surface area contributed by atoms with E-state index in [1.807, 2.05) is 18.2 Å². The first-order valence-electron chi connectivity index (χ1n) is 6.27. The van der Waals surface area contributed by atoms with Gasteiger partial charge < -0.3 is 15.1 Å². The van der Waals surface area contributed by atoms with Gasteiger partial charge >= 0.3 is 0 Å². The molecule has 4 nitrogen and oxygen atoms in total. The molecule has 2 N–H and O–H groups in total. The van der Waals surface area contributed by atoms with E-state index in [0.717, 1.165) is 28.3 Å². The lowest BCUT2D eigenvalue weighted by molar-refractivity contribution is 0.0548. The summed E-state index contributed by atoms with van der Waals surface area (Å²) in [6, 6.07) is 5.66. The number of nitrogens with zero attached hydrogens (tertiary/aromatic N) is 2.